The van der Waals surface area contributed by atoms with E-state index >= 15 is 0 Å². The summed E-state index contributed by atoms with van der Waals surface area (Å²) in [6.07, 6.45) is -10.4. The van der Waals surface area contributed by atoms with Gasteiger partial charge in [0.15, 0.2) is 0 Å². The van der Waals surface area contributed by atoms with E-state index in [0.717, 1.165) is 0 Å². The molecule has 10 heteroatoms. The summed E-state index contributed by atoms with van der Waals surface area (Å²) in [5, 5.41) is 2.90. The quantitative estimate of drug-likeness (QED) is 0.824. The van der Waals surface area contributed by atoms with E-state index in [0.29, 0.717) is 13.1 Å². The van der Waals surface area contributed by atoms with E-state index in [1.54, 1.807) is 0 Å². The van der Waals surface area contributed by atoms with Gasteiger partial charge in [0.25, 0.3) is 0 Å². The molecule has 0 bridgehead atoms. The average molecular weight is 362 g/mol. The Kier molecular flexibility index (Phi) is 5.38. The van der Waals surface area contributed by atoms with Crippen LogP contribution in [0.25, 0.3) is 0 Å². The van der Waals surface area contributed by atoms with Crippen molar-refractivity contribution >= 4 is 0 Å². The highest BCUT2D eigenvalue weighted by Crippen LogP contribution is 2.41. The molecule has 1 saturated heterocycles. The molecule has 1 aliphatic rings. The van der Waals surface area contributed by atoms with Crippen LogP contribution < -0.4 is 5.32 Å². The van der Waals surface area contributed by atoms with Gasteiger partial charge >= 0.3 is 12.4 Å². The Morgan fingerprint density at radius 1 is 1.00 bits per heavy atom. The Morgan fingerprint density at radius 3 is 2.04 bits per heavy atom. The van der Waals surface area contributed by atoms with Crippen molar-refractivity contribution in [1.29, 1.82) is 0 Å². The first-order valence-electron chi connectivity index (χ1n) is 7.04. The highest BCUT2D eigenvalue weighted by Gasteiger charge is 2.42. The minimum absolute atomic E-state index is 0.0184. The van der Waals surface area contributed by atoms with Crippen LogP contribution in [0.3, 0.4) is 0 Å². The third-order valence-electron chi connectivity index (χ3n) is 3.83. The molecule has 0 unspecified atom stereocenters. The molecule has 1 aromatic rings. The van der Waals surface area contributed by atoms with Crippen molar-refractivity contribution in [3.8, 4) is 0 Å². The van der Waals surface area contributed by atoms with E-state index in [2.05, 4.69) is 5.32 Å². The van der Waals surface area contributed by atoms with Crippen molar-refractivity contribution in [1.82, 2.24) is 10.2 Å². The Balaban J connectivity index is 2.58. The van der Waals surface area contributed by atoms with Crippen molar-refractivity contribution < 1.29 is 35.1 Å². The van der Waals surface area contributed by atoms with Crippen molar-refractivity contribution in [2.45, 2.75) is 18.4 Å². The van der Waals surface area contributed by atoms with E-state index in [1.165, 1.54) is 4.90 Å². The normalized spacial score (nSPS) is 18.7. The van der Waals surface area contributed by atoms with E-state index < -0.39 is 47.6 Å². The van der Waals surface area contributed by atoms with Crippen molar-refractivity contribution in [2.75, 3.05) is 32.9 Å². The summed E-state index contributed by atoms with van der Waals surface area (Å²) in [6.45, 7) is -0.301. The number of nitrogens with zero attached hydrogens (tertiary/aromatic N) is 1. The molecule has 1 atom stereocenters. The van der Waals surface area contributed by atoms with Gasteiger partial charge in [0.2, 0.25) is 0 Å². The van der Waals surface area contributed by atoms with Gasteiger partial charge in [-0.1, -0.05) is 0 Å². The summed E-state index contributed by atoms with van der Waals surface area (Å²) < 4.78 is 105. The first-order valence-corrected chi connectivity index (χ1v) is 7.04. The average Bonchev–Trinajstić information content (AvgIpc) is 2.48. The number of hydrogen-bond acceptors (Lipinski definition) is 2. The Hall–Kier alpha value is -1.42. The second kappa shape index (κ2) is 6.83. The Bertz CT molecular complexity index is 575. The maximum absolute atomic E-state index is 14.2. The van der Waals surface area contributed by atoms with E-state index in [4.69, 9.17) is 0 Å². The number of nitrogens with one attached hydrogen (secondary N) is 1. The Morgan fingerprint density at radius 2 is 1.58 bits per heavy atom. The minimum Gasteiger partial charge on any atom is -0.314 e. The lowest BCUT2D eigenvalue weighted by Crippen LogP contribution is -2.46. The molecule has 0 aromatic heterocycles. The molecule has 1 aromatic carbocycles. The smallest absolute Gasteiger partial charge is 0.314 e. The van der Waals surface area contributed by atoms with Gasteiger partial charge in [-0.05, 0) is 12.1 Å². The van der Waals surface area contributed by atoms with Crippen LogP contribution in [0, 0.1) is 5.82 Å². The number of hydrogen-bond donors (Lipinski definition) is 1. The van der Waals surface area contributed by atoms with E-state index in [1.807, 2.05) is 0 Å². The fourth-order valence-corrected chi connectivity index (χ4v) is 2.71. The second-order valence-corrected chi connectivity index (χ2v) is 5.37. The molecular formula is C14H14F8N2. The first kappa shape index (κ1) is 18.9. The molecular weight excluding hydrogens is 348 g/mol. The predicted molar refractivity (Wildman–Crippen MR) is 69.6 cm³/mol. The summed E-state index contributed by atoms with van der Waals surface area (Å²) in [6, 6.07) is -1.77. The van der Waals surface area contributed by atoms with Crippen LogP contribution in [0.2, 0.25) is 0 Å². The third kappa shape index (κ3) is 3.97. The topological polar surface area (TPSA) is 15.3 Å². The molecule has 0 saturated carbocycles. The molecule has 1 aliphatic heterocycles. The fraction of sp³-hybridized carbons (Fsp3) is 0.571. The zero-order valence-corrected chi connectivity index (χ0v) is 12.2. The van der Waals surface area contributed by atoms with Crippen LogP contribution in [-0.2, 0) is 12.4 Å². The summed E-state index contributed by atoms with van der Waals surface area (Å²) in [5.41, 5.74) is -4.63. The SMILES string of the molecule is FC[C@H](c1c(F)cc(C(F)(F)F)cc1C(F)(F)F)N1CCNCC1. The maximum Gasteiger partial charge on any atom is 0.416 e. The molecule has 136 valence electrons. The lowest BCUT2D eigenvalue weighted by atomic mass is 9.95. The van der Waals surface area contributed by atoms with Crippen molar-refractivity contribution in [2.24, 2.45) is 0 Å². The highest BCUT2D eigenvalue weighted by molar-refractivity contribution is 5.39. The number of halogens is 8. The molecule has 0 aliphatic carbocycles. The fourth-order valence-electron chi connectivity index (χ4n) is 2.71. The van der Waals surface area contributed by atoms with E-state index in [9.17, 15) is 35.1 Å². The second-order valence-electron chi connectivity index (χ2n) is 5.37. The molecule has 0 amide bonds. The van der Waals surface area contributed by atoms with Gasteiger partial charge in [-0.2, -0.15) is 26.3 Å². The Labute approximate surface area is 132 Å². The molecule has 1 fully saturated rings. The van der Waals surface area contributed by atoms with Crippen LogP contribution in [0.4, 0.5) is 35.1 Å². The zero-order valence-electron chi connectivity index (χ0n) is 12.2. The van der Waals surface area contributed by atoms with Gasteiger partial charge in [-0.3, -0.25) is 4.90 Å². The lowest BCUT2D eigenvalue weighted by molar-refractivity contribution is -0.144. The molecule has 0 radical (unpaired) electrons. The molecule has 1 heterocycles. The summed E-state index contributed by atoms with van der Waals surface area (Å²) in [5.74, 6) is -1.71. The number of alkyl halides is 7. The summed E-state index contributed by atoms with van der Waals surface area (Å²) >= 11 is 0. The van der Waals surface area contributed by atoms with Crippen LogP contribution in [0.5, 0.6) is 0 Å². The molecule has 24 heavy (non-hydrogen) atoms. The van der Waals surface area contributed by atoms with Gasteiger partial charge in [0, 0.05) is 31.7 Å². The van der Waals surface area contributed by atoms with Crippen LogP contribution in [0.1, 0.15) is 22.7 Å². The highest BCUT2D eigenvalue weighted by atomic mass is 19.4. The van der Waals surface area contributed by atoms with Gasteiger partial charge in [-0.25, -0.2) is 8.78 Å². The van der Waals surface area contributed by atoms with Crippen LogP contribution in [0.15, 0.2) is 12.1 Å². The third-order valence-corrected chi connectivity index (χ3v) is 3.83. The van der Waals surface area contributed by atoms with Gasteiger partial charge in [0.1, 0.15) is 12.5 Å². The number of rotatable bonds is 3. The lowest BCUT2D eigenvalue weighted by Gasteiger charge is -2.35. The molecule has 1 N–H and O–H groups in total. The monoisotopic (exact) mass is 362 g/mol. The predicted octanol–water partition coefficient (Wildman–Crippen LogP) is 3.78. The number of piperazine rings is 1. The standard InChI is InChI=1S/C14H14F8N2/c15-7-11(24-3-1-23-2-4-24)12-9(14(20,21)22)5-8(6-10(12)16)13(17,18)19/h5-6,11,23H,1-4,7H2/t11-/m1/s1. The maximum atomic E-state index is 14.2. The van der Waals surface area contributed by atoms with E-state index in [-0.39, 0.29) is 25.2 Å². The minimum atomic E-state index is -5.24. The number of benzene rings is 1. The molecule has 2 nitrogen and oxygen atoms in total. The summed E-state index contributed by atoms with van der Waals surface area (Å²) in [7, 11) is 0. The van der Waals surface area contributed by atoms with Gasteiger partial charge in [0.05, 0.1) is 17.2 Å². The zero-order chi connectivity index (χ0) is 18.1. The van der Waals surface area contributed by atoms with Crippen molar-refractivity contribution in [3.05, 3.63) is 34.6 Å². The van der Waals surface area contributed by atoms with Crippen LogP contribution in [-0.4, -0.2) is 37.8 Å². The molecule has 0 spiro atoms. The first-order chi connectivity index (χ1) is 11.1. The van der Waals surface area contributed by atoms with Crippen LogP contribution >= 0.6 is 0 Å². The van der Waals surface area contributed by atoms with Gasteiger partial charge in [-0.15, -0.1) is 0 Å². The van der Waals surface area contributed by atoms with Crippen molar-refractivity contribution in [3.63, 3.8) is 0 Å². The largest absolute Gasteiger partial charge is 0.416 e. The summed E-state index contributed by atoms with van der Waals surface area (Å²) in [4.78, 5) is 1.29. The van der Waals surface area contributed by atoms with Gasteiger partial charge < -0.3 is 5.32 Å². The molecule has 2 rings (SSSR count).